The average Bonchev–Trinajstić information content (AvgIpc) is 2.95. The summed E-state index contributed by atoms with van der Waals surface area (Å²) in [5.74, 6) is -1.13. The van der Waals surface area contributed by atoms with Gasteiger partial charge < -0.3 is 14.2 Å². The van der Waals surface area contributed by atoms with E-state index in [0.29, 0.717) is 50.2 Å². The first kappa shape index (κ1) is 28.8. The third kappa shape index (κ3) is 7.66. The van der Waals surface area contributed by atoms with Crippen molar-refractivity contribution >= 4 is 0 Å². The van der Waals surface area contributed by atoms with Crippen LogP contribution >= 0.6 is 0 Å². The van der Waals surface area contributed by atoms with Crippen LogP contribution < -0.4 is 9.47 Å². The first-order valence-electron chi connectivity index (χ1n) is 13.8. The Kier molecular flexibility index (Phi) is 10.5. The molecule has 3 nitrogen and oxygen atoms in total. The smallest absolute Gasteiger partial charge is 0.166 e. The first-order chi connectivity index (χ1) is 19.0. The molecule has 1 fully saturated rings. The second-order valence-corrected chi connectivity index (χ2v) is 10.0. The zero-order chi connectivity index (χ0) is 27.6. The van der Waals surface area contributed by atoms with E-state index in [9.17, 15) is 4.39 Å². The summed E-state index contributed by atoms with van der Waals surface area (Å²) in [5.41, 5.74) is 2.02. The molecule has 0 aromatic heterocycles. The van der Waals surface area contributed by atoms with Crippen molar-refractivity contribution in [2.75, 3.05) is 13.2 Å². The Labute approximate surface area is 229 Å². The highest BCUT2D eigenvalue weighted by molar-refractivity contribution is 5.65. The number of hydrogen-bond acceptors (Lipinski definition) is 3. The molecule has 0 aliphatic heterocycles. The molecule has 0 saturated heterocycles. The van der Waals surface area contributed by atoms with Gasteiger partial charge in [0.2, 0.25) is 0 Å². The van der Waals surface area contributed by atoms with Crippen molar-refractivity contribution < 1.29 is 27.4 Å². The zero-order valence-electron chi connectivity index (χ0n) is 22.6. The highest BCUT2D eigenvalue weighted by Gasteiger charge is 2.27. The van der Waals surface area contributed by atoms with Gasteiger partial charge in [0.05, 0.1) is 25.9 Å². The Hall–Kier alpha value is -3.25. The van der Waals surface area contributed by atoms with Gasteiger partial charge in [-0.2, -0.15) is 0 Å². The second kappa shape index (κ2) is 14.2. The van der Waals surface area contributed by atoms with Gasteiger partial charge in [-0.1, -0.05) is 49.8 Å². The van der Waals surface area contributed by atoms with Crippen molar-refractivity contribution in [2.45, 2.75) is 70.5 Å². The Bertz CT molecular complexity index is 1220. The predicted molar refractivity (Wildman–Crippen MR) is 149 cm³/mol. The van der Waals surface area contributed by atoms with Crippen LogP contribution in [0.5, 0.6) is 11.5 Å². The van der Waals surface area contributed by atoms with Crippen LogP contribution in [0.25, 0.3) is 11.1 Å². The fraction of sp³-hybridized carbons (Fsp3) is 0.394. The standard InChI is InChI=1S/C33H37F3O3/c1-3-5-19-37-26-12-8-24(9-13-26)28-16-17-29(33(36)32(28)35)25-10-14-27(15-11-25)39-22-23-7-18-31(30(34)21-23)38-20-6-4-2/h4,7-9,12-13,16-18,21,25,27H,2-3,5-6,10-11,14-15,19-20,22H2,1H3. The Morgan fingerprint density at radius 2 is 1.64 bits per heavy atom. The molecule has 1 aliphatic rings. The molecule has 0 spiro atoms. The quantitative estimate of drug-likeness (QED) is 0.160. The molecule has 4 rings (SSSR count). The molecule has 1 saturated carbocycles. The molecule has 6 heteroatoms. The van der Waals surface area contributed by atoms with Crippen LogP contribution in [0.1, 0.15) is 68.9 Å². The lowest BCUT2D eigenvalue weighted by Crippen LogP contribution is -2.21. The van der Waals surface area contributed by atoms with Gasteiger partial charge in [-0.25, -0.2) is 13.2 Å². The number of unbranched alkanes of at least 4 members (excludes halogenated alkanes) is 1. The topological polar surface area (TPSA) is 27.7 Å². The maximum atomic E-state index is 15.2. The van der Waals surface area contributed by atoms with Crippen molar-refractivity contribution in [3.05, 3.63) is 95.8 Å². The summed E-state index contributed by atoms with van der Waals surface area (Å²) in [6.45, 7) is 7.03. The fourth-order valence-electron chi connectivity index (χ4n) is 4.93. The van der Waals surface area contributed by atoms with Crippen LogP contribution in [0, 0.1) is 17.5 Å². The summed E-state index contributed by atoms with van der Waals surface area (Å²) in [7, 11) is 0. The van der Waals surface area contributed by atoms with Crippen LogP contribution in [0.15, 0.2) is 67.3 Å². The molecule has 1 aliphatic carbocycles. The van der Waals surface area contributed by atoms with Crippen LogP contribution in [0.4, 0.5) is 13.2 Å². The van der Waals surface area contributed by atoms with Gasteiger partial charge in [0.1, 0.15) is 5.75 Å². The predicted octanol–water partition coefficient (Wildman–Crippen LogP) is 9.15. The van der Waals surface area contributed by atoms with Crippen molar-refractivity contribution in [3.63, 3.8) is 0 Å². The Balaban J connectivity index is 1.30. The van der Waals surface area contributed by atoms with E-state index < -0.39 is 17.5 Å². The minimum absolute atomic E-state index is 0.00179. The lowest BCUT2D eigenvalue weighted by Gasteiger charge is -2.29. The van der Waals surface area contributed by atoms with Gasteiger partial charge >= 0.3 is 0 Å². The molecule has 208 valence electrons. The van der Waals surface area contributed by atoms with Crippen LogP contribution in [-0.2, 0) is 11.3 Å². The zero-order valence-corrected chi connectivity index (χ0v) is 22.6. The van der Waals surface area contributed by atoms with Gasteiger partial charge in [0, 0.05) is 5.56 Å². The largest absolute Gasteiger partial charge is 0.494 e. The third-order valence-corrected chi connectivity index (χ3v) is 7.22. The molecule has 3 aromatic carbocycles. The summed E-state index contributed by atoms with van der Waals surface area (Å²) in [6.07, 6.45) is 7.26. The Morgan fingerprint density at radius 3 is 2.33 bits per heavy atom. The number of rotatable bonds is 13. The fourth-order valence-corrected chi connectivity index (χ4v) is 4.93. The summed E-state index contributed by atoms with van der Waals surface area (Å²) in [6, 6.07) is 15.3. The molecule has 0 bridgehead atoms. The normalized spacial score (nSPS) is 17.1. The molecule has 0 unspecified atom stereocenters. The highest BCUT2D eigenvalue weighted by Crippen LogP contribution is 2.38. The maximum Gasteiger partial charge on any atom is 0.166 e. The van der Waals surface area contributed by atoms with E-state index >= 15 is 8.78 Å². The van der Waals surface area contributed by atoms with Gasteiger partial charge in [-0.05, 0) is 85.4 Å². The van der Waals surface area contributed by atoms with Crippen LogP contribution in [0.3, 0.4) is 0 Å². The molecule has 0 N–H and O–H groups in total. The molecule has 0 radical (unpaired) electrons. The maximum absolute atomic E-state index is 15.2. The van der Waals surface area contributed by atoms with E-state index in [1.807, 2.05) is 0 Å². The van der Waals surface area contributed by atoms with Crippen molar-refractivity contribution in [1.29, 1.82) is 0 Å². The SMILES string of the molecule is C=CCCOc1ccc(COC2CCC(c3ccc(-c4ccc(OCCCC)cc4)c(F)c3F)CC2)cc1F. The Morgan fingerprint density at radius 1 is 0.872 bits per heavy atom. The molecule has 0 amide bonds. The van der Waals surface area contributed by atoms with E-state index in [-0.39, 0.29) is 23.3 Å². The number of halogens is 3. The molecular weight excluding hydrogens is 501 g/mol. The van der Waals surface area contributed by atoms with E-state index in [1.54, 1.807) is 54.6 Å². The van der Waals surface area contributed by atoms with E-state index in [0.717, 1.165) is 37.0 Å². The van der Waals surface area contributed by atoms with Crippen molar-refractivity contribution in [2.24, 2.45) is 0 Å². The van der Waals surface area contributed by atoms with Gasteiger partial charge in [-0.15, -0.1) is 6.58 Å². The minimum atomic E-state index is -0.815. The molecular formula is C33H37F3O3. The van der Waals surface area contributed by atoms with Crippen LogP contribution in [0.2, 0.25) is 0 Å². The van der Waals surface area contributed by atoms with Crippen molar-refractivity contribution in [1.82, 2.24) is 0 Å². The van der Waals surface area contributed by atoms with Gasteiger partial charge in [0.15, 0.2) is 23.2 Å². The minimum Gasteiger partial charge on any atom is -0.494 e. The summed E-state index contributed by atoms with van der Waals surface area (Å²) in [5, 5.41) is 0. The van der Waals surface area contributed by atoms with Crippen LogP contribution in [-0.4, -0.2) is 19.3 Å². The monoisotopic (exact) mass is 538 g/mol. The first-order valence-corrected chi connectivity index (χ1v) is 13.8. The lowest BCUT2D eigenvalue weighted by molar-refractivity contribution is 0.0130. The summed E-state index contributed by atoms with van der Waals surface area (Å²) in [4.78, 5) is 0. The molecule has 39 heavy (non-hydrogen) atoms. The highest BCUT2D eigenvalue weighted by atomic mass is 19.2. The molecule has 3 aromatic rings. The van der Waals surface area contributed by atoms with Gasteiger partial charge in [0.25, 0.3) is 0 Å². The summed E-state index contributed by atoms with van der Waals surface area (Å²) < 4.78 is 61.7. The van der Waals surface area contributed by atoms with E-state index in [2.05, 4.69) is 13.5 Å². The third-order valence-electron chi connectivity index (χ3n) is 7.22. The van der Waals surface area contributed by atoms with E-state index in [4.69, 9.17) is 14.2 Å². The summed E-state index contributed by atoms with van der Waals surface area (Å²) >= 11 is 0. The second-order valence-electron chi connectivity index (χ2n) is 10.0. The number of hydrogen-bond donors (Lipinski definition) is 0. The number of benzene rings is 3. The van der Waals surface area contributed by atoms with E-state index in [1.165, 1.54) is 6.07 Å². The molecule has 0 atom stereocenters. The average molecular weight is 539 g/mol. The van der Waals surface area contributed by atoms with Gasteiger partial charge in [-0.3, -0.25) is 0 Å². The molecule has 0 heterocycles. The number of ether oxygens (including phenoxy) is 3. The lowest BCUT2D eigenvalue weighted by atomic mass is 9.82. The van der Waals surface area contributed by atoms with Crippen molar-refractivity contribution in [3.8, 4) is 22.6 Å².